The second kappa shape index (κ2) is 6.97. The minimum atomic E-state index is 0.216. The largest absolute Gasteiger partial charge is 0.381 e. The van der Waals surface area contributed by atoms with Gasteiger partial charge in [-0.25, -0.2) is 0 Å². The first kappa shape index (κ1) is 13.7. The first-order valence-corrected chi connectivity index (χ1v) is 7.33. The Morgan fingerprint density at radius 2 is 2.40 bits per heavy atom. The fourth-order valence-corrected chi connectivity index (χ4v) is 2.78. The molecule has 0 aliphatic carbocycles. The minimum Gasteiger partial charge on any atom is -0.381 e. The molecule has 110 valence electrons. The molecule has 3 rings (SSSR count). The highest BCUT2D eigenvalue weighted by atomic mass is 16.5. The highest BCUT2D eigenvalue weighted by Gasteiger charge is 2.24. The maximum Gasteiger partial charge on any atom is 0.148 e. The normalized spacial score (nSPS) is 27.6. The van der Waals surface area contributed by atoms with Gasteiger partial charge in [0.05, 0.1) is 19.3 Å². The molecule has 1 N–H and O–H groups in total. The molecule has 0 unspecified atom stereocenters. The van der Waals surface area contributed by atoms with Crippen LogP contribution in [0.5, 0.6) is 0 Å². The molecule has 6 nitrogen and oxygen atoms in total. The molecule has 2 atom stereocenters. The van der Waals surface area contributed by atoms with Crippen molar-refractivity contribution in [2.45, 2.75) is 12.5 Å². The number of hydrogen-bond donors (Lipinski definition) is 1. The van der Waals surface area contributed by atoms with E-state index in [-0.39, 0.29) is 6.10 Å². The second-order valence-corrected chi connectivity index (χ2v) is 5.47. The quantitative estimate of drug-likeness (QED) is 0.852. The van der Waals surface area contributed by atoms with Gasteiger partial charge in [-0.05, 0) is 24.5 Å². The maximum absolute atomic E-state index is 5.81. The summed E-state index contributed by atoms with van der Waals surface area (Å²) >= 11 is 0. The van der Waals surface area contributed by atoms with E-state index in [1.807, 2.05) is 12.1 Å². The van der Waals surface area contributed by atoms with Crippen LogP contribution in [0.15, 0.2) is 18.3 Å². The van der Waals surface area contributed by atoms with Gasteiger partial charge in [0.15, 0.2) is 0 Å². The Labute approximate surface area is 119 Å². The summed E-state index contributed by atoms with van der Waals surface area (Å²) in [4.78, 5) is 2.49. The molecule has 2 aliphatic rings. The Bertz CT molecular complexity index is 397. The van der Waals surface area contributed by atoms with Crippen LogP contribution >= 0.6 is 0 Å². The van der Waals surface area contributed by atoms with Crippen LogP contribution in [0.3, 0.4) is 0 Å². The number of ether oxygens (including phenoxy) is 2. The van der Waals surface area contributed by atoms with Crippen molar-refractivity contribution in [3.05, 3.63) is 18.3 Å². The Hall–Kier alpha value is -1.24. The number of morpholine rings is 1. The number of hydrogen-bond acceptors (Lipinski definition) is 6. The van der Waals surface area contributed by atoms with Crippen LogP contribution in [0.2, 0.25) is 0 Å². The Morgan fingerprint density at radius 3 is 3.20 bits per heavy atom. The van der Waals surface area contributed by atoms with Gasteiger partial charge in [-0.3, -0.25) is 4.90 Å². The molecule has 1 aromatic rings. The van der Waals surface area contributed by atoms with E-state index in [1.165, 1.54) is 6.42 Å². The van der Waals surface area contributed by atoms with Crippen LogP contribution in [0.25, 0.3) is 0 Å². The van der Waals surface area contributed by atoms with Gasteiger partial charge in [-0.1, -0.05) is 0 Å². The van der Waals surface area contributed by atoms with Gasteiger partial charge in [-0.15, -0.1) is 5.10 Å². The minimum absolute atomic E-state index is 0.216. The van der Waals surface area contributed by atoms with Crippen LogP contribution in [-0.4, -0.2) is 67.2 Å². The Balaban J connectivity index is 1.43. The molecular formula is C14H22N4O2. The SMILES string of the molecule is c1cnnc(NC[C@@H]2CN(C[C@H]3CCOC3)CCO2)c1. The van der Waals surface area contributed by atoms with Crippen molar-refractivity contribution in [2.75, 3.05) is 51.3 Å². The highest BCUT2D eigenvalue weighted by Crippen LogP contribution is 2.16. The van der Waals surface area contributed by atoms with Gasteiger partial charge in [0, 0.05) is 39.0 Å². The summed E-state index contributed by atoms with van der Waals surface area (Å²) in [6.07, 6.45) is 3.08. The van der Waals surface area contributed by atoms with E-state index >= 15 is 0 Å². The van der Waals surface area contributed by atoms with E-state index in [0.717, 1.165) is 51.8 Å². The molecule has 2 saturated heterocycles. The number of nitrogens with one attached hydrogen (secondary N) is 1. The third kappa shape index (κ3) is 3.88. The monoisotopic (exact) mass is 278 g/mol. The molecule has 2 aliphatic heterocycles. The van der Waals surface area contributed by atoms with Gasteiger partial charge in [-0.2, -0.15) is 5.10 Å². The van der Waals surface area contributed by atoms with E-state index < -0.39 is 0 Å². The predicted octanol–water partition coefficient (Wildman–Crippen LogP) is 0.626. The second-order valence-electron chi connectivity index (χ2n) is 5.47. The molecule has 0 aromatic carbocycles. The highest BCUT2D eigenvalue weighted by molar-refractivity contribution is 5.31. The van der Waals surface area contributed by atoms with Crippen molar-refractivity contribution < 1.29 is 9.47 Å². The molecular weight excluding hydrogens is 256 g/mol. The number of nitrogens with zero attached hydrogens (tertiary/aromatic N) is 3. The average molecular weight is 278 g/mol. The van der Waals surface area contributed by atoms with Gasteiger partial charge in [0.1, 0.15) is 5.82 Å². The summed E-state index contributed by atoms with van der Waals surface area (Å²) in [5.74, 6) is 1.50. The smallest absolute Gasteiger partial charge is 0.148 e. The molecule has 3 heterocycles. The summed E-state index contributed by atoms with van der Waals surface area (Å²) in [6, 6.07) is 3.80. The van der Waals surface area contributed by atoms with Crippen molar-refractivity contribution in [1.82, 2.24) is 15.1 Å². The topological polar surface area (TPSA) is 59.5 Å². The zero-order chi connectivity index (χ0) is 13.6. The lowest BCUT2D eigenvalue weighted by molar-refractivity contribution is -0.0261. The molecule has 0 amide bonds. The first-order valence-electron chi connectivity index (χ1n) is 7.33. The summed E-state index contributed by atoms with van der Waals surface area (Å²) in [7, 11) is 0. The molecule has 0 spiro atoms. The summed E-state index contributed by atoms with van der Waals surface area (Å²) in [5, 5.41) is 11.2. The van der Waals surface area contributed by atoms with Crippen LogP contribution in [0, 0.1) is 5.92 Å². The van der Waals surface area contributed by atoms with E-state index in [0.29, 0.717) is 5.92 Å². The summed E-state index contributed by atoms with van der Waals surface area (Å²) < 4.78 is 11.3. The van der Waals surface area contributed by atoms with E-state index in [9.17, 15) is 0 Å². The Morgan fingerprint density at radius 1 is 1.40 bits per heavy atom. The van der Waals surface area contributed by atoms with Gasteiger partial charge in [0.2, 0.25) is 0 Å². The molecule has 1 aromatic heterocycles. The summed E-state index contributed by atoms with van der Waals surface area (Å²) in [6.45, 7) is 6.55. The zero-order valence-electron chi connectivity index (χ0n) is 11.7. The molecule has 2 fully saturated rings. The fourth-order valence-electron chi connectivity index (χ4n) is 2.78. The van der Waals surface area contributed by atoms with Crippen LogP contribution in [-0.2, 0) is 9.47 Å². The van der Waals surface area contributed by atoms with Crippen molar-refractivity contribution in [3.63, 3.8) is 0 Å². The zero-order valence-corrected chi connectivity index (χ0v) is 11.7. The first-order chi connectivity index (χ1) is 9.90. The number of rotatable bonds is 5. The van der Waals surface area contributed by atoms with Gasteiger partial charge in [0.25, 0.3) is 0 Å². The molecule has 0 radical (unpaired) electrons. The van der Waals surface area contributed by atoms with E-state index in [2.05, 4.69) is 20.4 Å². The van der Waals surface area contributed by atoms with Gasteiger partial charge < -0.3 is 14.8 Å². The van der Waals surface area contributed by atoms with E-state index in [4.69, 9.17) is 9.47 Å². The third-order valence-corrected chi connectivity index (χ3v) is 3.85. The predicted molar refractivity (Wildman–Crippen MR) is 75.6 cm³/mol. The lowest BCUT2D eigenvalue weighted by Crippen LogP contribution is -2.47. The molecule has 0 bridgehead atoms. The third-order valence-electron chi connectivity index (χ3n) is 3.85. The molecule has 20 heavy (non-hydrogen) atoms. The van der Waals surface area contributed by atoms with Crippen LogP contribution < -0.4 is 5.32 Å². The lowest BCUT2D eigenvalue weighted by atomic mass is 10.1. The van der Waals surface area contributed by atoms with Crippen LogP contribution in [0.1, 0.15) is 6.42 Å². The molecule has 6 heteroatoms. The van der Waals surface area contributed by atoms with E-state index in [1.54, 1.807) is 6.20 Å². The number of anilines is 1. The standard InChI is InChI=1S/C14H22N4O2/c1-2-14(17-16-4-1)15-8-13-10-18(5-7-20-13)9-12-3-6-19-11-12/h1-2,4,12-13H,3,5-11H2,(H,15,17)/t12-,13-/m1/s1. The average Bonchev–Trinajstić information content (AvgIpc) is 3.00. The molecule has 0 saturated carbocycles. The van der Waals surface area contributed by atoms with Crippen molar-refractivity contribution in [3.8, 4) is 0 Å². The number of aromatic nitrogens is 2. The lowest BCUT2D eigenvalue weighted by Gasteiger charge is -2.34. The fraction of sp³-hybridized carbons (Fsp3) is 0.714. The van der Waals surface area contributed by atoms with Crippen molar-refractivity contribution in [2.24, 2.45) is 5.92 Å². The summed E-state index contributed by atoms with van der Waals surface area (Å²) in [5.41, 5.74) is 0. The van der Waals surface area contributed by atoms with Crippen molar-refractivity contribution in [1.29, 1.82) is 0 Å². The maximum atomic E-state index is 5.81. The Kier molecular flexibility index (Phi) is 4.78. The van der Waals surface area contributed by atoms with Crippen LogP contribution in [0.4, 0.5) is 5.82 Å². The van der Waals surface area contributed by atoms with Crippen molar-refractivity contribution >= 4 is 5.82 Å². The van der Waals surface area contributed by atoms with Gasteiger partial charge >= 0.3 is 0 Å².